The summed E-state index contributed by atoms with van der Waals surface area (Å²) in [6, 6.07) is 2.20. The van der Waals surface area contributed by atoms with Crippen LogP contribution in [0.5, 0.6) is 0 Å². The summed E-state index contributed by atoms with van der Waals surface area (Å²) in [5, 5.41) is 0. The lowest BCUT2D eigenvalue weighted by atomic mass is 10.0. The van der Waals surface area contributed by atoms with Gasteiger partial charge in [-0.05, 0) is 43.5 Å². The van der Waals surface area contributed by atoms with Gasteiger partial charge >= 0.3 is 0 Å². The highest BCUT2D eigenvalue weighted by Gasteiger charge is 2.06. The molecule has 13 heavy (non-hydrogen) atoms. The fraction of sp³-hybridized carbons (Fsp3) is 0.364. The maximum Gasteiger partial charge on any atom is 0.0955 e. The minimum absolute atomic E-state index is 1.13. The number of nitrogens with zero attached hydrogens (tertiary/aromatic N) is 2. The predicted molar refractivity (Wildman–Crippen MR) is 54.9 cm³/mol. The van der Waals surface area contributed by atoms with Crippen LogP contribution in [-0.2, 0) is 7.05 Å². The van der Waals surface area contributed by atoms with Gasteiger partial charge in [-0.3, -0.25) is 0 Å². The van der Waals surface area contributed by atoms with Crippen LogP contribution >= 0.6 is 0 Å². The van der Waals surface area contributed by atoms with Crippen molar-refractivity contribution in [2.75, 3.05) is 0 Å². The smallest absolute Gasteiger partial charge is 0.0955 e. The van der Waals surface area contributed by atoms with Gasteiger partial charge in [-0.25, -0.2) is 4.98 Å². The van der Waals surface area contributed by atoms with Crippen LogP contribution in [-0.4, -0.2) is 9.55 Å². The molecule has 1 heterocycles. The van der Waals surface area contributed by atoms with Crippen LogP contribution in [0, 0.1) is 20.8 Å². The average Bonchev–Trinajstić information content (AvgIpc) is 2.45. The number of imidazole rings is 1. The first kappa shape index (κ1) is 8.30. The second-order valence-corrected chi connectivity index (χ2v) is 3.67. The number of benzene rings is 1. The minimum atomic E-state index is 1.13. The Balaban J connectivity index is 2.96. The van der Waals surface area contributed by atoms with E-state index in [0.717, 1.165) is 5.52 Å². The average molecular weight is 174 g/mol. The van der Waals surface area contributed by atoms with Gasteiger partial charge in [0.2, 0.25) is 0 Å². The fourth-order valence-corrected chi connectivity index (χ4v) is 1.69. The molecule has 0 fully saturated rings. The molecule has 0 saturated carbocycles. The molecule has 0 spiro atoms. The van der Waals surface area contributed by atoms with Crippen molar-refractivity contribution in [1.29, 1.82) is 0 Å². The quantitative estimate of drug-likeness (QED) is 0.600. The highest BCUT2D eigenvalue weighted by atomic mass is 15.0. The summed E-state index contributed by atoms with van der Waals surface area (Å²) in [5.41, 5.74) is 6.35. The molecule has 0 N–H and O–H groups in total. The molecule has 1 aromatic carbocycles. The van der Waals surface area contributed by atoms with Gasteiger partial charge in [-0.2, -0.15) is 0 Å². The van der Waals surface area contributed by atoms with Gasteiger partial charge in [0.25, 0.3) is 0 Å². The Kier molecular flexibility index (Phi) is 1.65. The highest BCUT2D eigenvalue weighted by molar-refractivity contribution is 5.81. The maximum absolute atomic E-state index is 4.38. The standard InChI is InChI=1S/C11H14N2/c1-7-5-10-11(9(3)8(7)2)12-6-13(10)4/h5-6H,1-4H3. The SMILES string of the molecule is Cc1cc2c(ncn2C)c(C)c1C. The molecule has 1 aromatic heterocycles. The molecule has 2 aromatic rings. The molecule has 0 radical (unpaired) electrons. The molecule has 0 saturated heterocycles. The van der Waals surface area contributed by atoms with Crippen LogP contribution in [0.3, 0.4) is 0 Å². The van der Waals surface area contributed by atoms with E-state index >= 15 is 0 Å². The summed E-state index contributed by atoms with van der Waals surface area (Å²) in [6.45, 7) is 6.44. The van der Waals surface area contributed by atoms with Crippen molar-refractivity contribution in [3.8, 4) is 0 Å². The first-order valence-corrected chi connectivity index (χ1v) is 4.49. The Morgan fingerprint density at radius 1 is 1.15 bits per heavy atom. The Hall–Kier alpha value is -1.31. The van der Waals surface area contributed by atoms with Crippen LogP contribution in [0.15, 0.2) is 12.4 Å². The van der Waals surface area contributed by atoms with Crippen LogP contribution < -0.4 is 0 Å². The van der Waals surface area contributed by atoms with E-state index in [-0.39, 0.29) is 0 Å². The van der Waals surface area contributed by atoms with E-state index < -0.39 is 0 Å². The van der Waals surface area contributed by atoms with Crippen molar-refractivity contribution in [2.45, 2.75) is 20.8 Å². The van der Waals surface area contributed by atoms with Gasteiger partial charge in [0.15, 0.2) is 0 Å². The summed E-state index contributed by atoms with van der Waals surface area (Å²) in [7, 11) is 2.03. The molecule has 0 aliphatic heterocycles. The number of aryl methyl sites for hydroxylation is 3. The Morgan fingerprint density at radius 2 is 1.85 bits per heavy atom. The number of rotatable bonds is 0. The maximum atomic E-state index is 4.38. The fourth-order valence-electron chi connectivity index (χ4n) is 1.69. The molecule has 2 rings (SSSR count). The molecule has 2 heteroatoms. The van der Waals surface area contributed by atoms with Crippen LogP contribution in [0.2, 0.25) is 0 Å². The van der Waals surface area contributed by atoms with Crippen LogP contribution in [0.1, 0.15) is 16.7 Å². The van der Waals surface area contributed by atoms with E-state index in [0.29, 0.717) is 0 Å². The molecule has 0 bridgehead atoms. The van der Waals surface area contributed by atoms with Gasteiger partial charge in [0, 0.05) is 7.05 Å². The van der Waals surface area contributed by atoms with E-state index in [9.17, 15) is 0 Å². The van der Waals surface area contributed by atoms with Crippen molar-refractivity contribution >= 4 is 11.0 Å². The first-order valence-electron chi connectivity index (χ1n) is 4.49. The lowest BCUT2D eigenvalue weighted by Gasteiger charge is -2.05. The lowest BCUT2D eigenvalue weighted by molar-refractivity contribution is 0.947. The summed E-state index contributed by atoms with van der Waals surface area (Å²) in [6.07, 6.45) is 1.87. The second-order valence-electron chi connectivity index (χ2n) is 3.67. The summed E-state index contributed by atoms with van der Waals surface area (Å²) in [5.74, 6) is 0. The zero-order valence-corrected chi connectivity index (χ0v) is 8.55. The number of hydrogen-bond donors (Lipinski definition) is 0. The van der Waals surface area contributed by atoms with Gasteiger partial charge < -0.3 is 4.57 Å². The van der Waals surface area contributed by atoms with Gasteiger partial charge in [-0.15, -0.1) is 0 Å². The Bertz CT molecular complexity index is 466. The third kappa shape index (κ3) is 1.05. The van der Waals surface area contributed by atoms with Gasteiger partial charge in [-0.1, -0.05) is 0 Å². The number of hydrogen-bond acceptors (Lipinski definition) is 1. The van der Waals surface area contributed by atoms with Crippen molar-refractivity contribution < 1.29 is 0 Å². The van der Waals surface area contributed by atoms with E-state index in [2.05, 4.69) is 36.4 Å². The highest BCUT2D eigenvalue weighted by Crippen LogP contribution is 2.22. The third-order valence-corrected chi connectivity index (χ3v) is 2.85. The third-order valence-electron chi connectivity index (χ3n) is 2.85. The zero-order valence-electron chi connectivity index (χ0n) is 8.55. The van der Waals surface area contributed by atoms with Gasteiger partial charge in [0.1, 0.15) is 0 Å². The van der Waals surface area contributed by atoms with Crippen LogP contribution in [0.4, 0.5) is 0 Å². The summed E-state index contributed by atoms with van der Waals surface area (Å²) in [4.78, 5) is 4.38. The van der Waals surface area contributed by atoms with E-state index in [1.165, 1.54) is 22.2 Å². The van der Waals surface area contributed by atoms with Crippen molar-refractivity contribution in [1.82, 2.24) is 9.55 Å². The second kappa shape index (κ2) is 2.59. The topological polar surface area (TPSA) is 17.8 Å². The monoisotopic (exact) mass is 174 g/mol. The molecule has 0 aliphatic rings. The summed E-state index contributed by atoms with van der Waals surface area (Å²) >= 11 is 0. The molecule has 0 aliphatic carbocycles. The molecule has 2 nitrogen and oxygen atoms in total. The van der Waals surface area contributed by atoms with Crippen LogP contribution in [0.25, 0.3) is 11.0 Å². The Morgan fingerprint density at radius 3 is 2.54 bits per heavy atom. The molecule has 68 valence electrons. The molecular formula is C11H14N2. The minimum Gasteiger partial charge on any atom is -0.334 e. The lowest BCUT2D eigenvalue weighted by Crippen LogP contribution is -1.90. The van der Waals surface area contributed by atoms with E-state index in [4.69, 9.17) is 0 Å². The number of fused-ring (bicyclic) bond motifs is 1. The predicted octanol–water partition coefficient (Wildman–Crippen LogP) is 2.50. The van der Waals surface area contributed by atoms with E-state index in [1.54, 1.807) is 0 Å². The molecule has 0 unspecified atom stereocenters. The molecule has 0 atom stereocenters. The normalized spacial score (nSPS) is 11.1. The van der Waals surface area contributed by atoms with Crippen molar-refractivity contribution in [2.24, 2.45) is 7.05 Å². The first-order chi connectivity index (χ1) is 6.11. The summed E-state index contributed by atoms with van der Waals surface area (Å²) < 4.78 is 2.06. The largest absolute Gasteiger partial charge is 0.334 e. The van der Waals surface area contributed by atoms with Gasteiger partial charge in [0.05, 0.1) is 17.4 Å². The Labute approximate surface area is 78.2 Å². The molecular weight excluding hydrogens is 160 g/mol. The van der Waals surface area contributed by atoms with Crippen molar-refractivity contribution in [3.63, 3.8) is 0 Å². The zero-order chi connectivity index (χ0) is 9.59. The van der Waals surface area contributed by atoms with Crippen molar-refractivity contribution in [3.05, 3.63) is 29.1 Å². The number of aromatic nitrogens is 2. The van der Waals surface area contributed by atoms with E-state index in [1.807, 2.05) is 13.4 Å². The molecule has 0 amide bonds.